The number of aliphatic hydroxyl groups is 1. The lowest BCUT2D eigenvalue weighted by Crippen LogP contribution is -2.14. The minimum atomic E-state index is -0.162. The van der Waals surface area contributed by atoms with E-state index in [0.29, 0.717) is 28.9 Å². The summed E-state index contributed by atoms with van der Waals surface area (Å²) in [4.78, 5) is 15.7. The number of nitrogens with zero attached hydrogens (tertiary/aromatic N) is 4. The molecule has 8 nitrogen and oxygen atoms in total. The lowest BCUT2D eigenvalue weighted by Gasteiger charge is -2.01. The lowest BCUT2D eigenvalue weighted by molar-refractivity contribution is -0.116. The Bertz CT molecular complexity index is 749. The second-order valence-electron chi connectivity index (χ2n) is 4.43. The van der Waals surface area contributed by atoms with Crippen molar-refractivity contribution in [2.45, 2.75) is 19.6 Å². The summed E-state index contributed by atoms with van der Waals surface area (Å²) in [5.41, 5.74) is 0.556. The molecule has 0 radical (unpaired) electrons. The van der Waals surface area contributed by atoms with Gasteiger partial charge in [-0.15, -0.1) is 16.4 Å². The molecule has 2 N–H and O–H groups in total. The second-order valence-corrected chi connectivity index (χ2v) is 5.32. The topological polar surface area (TPSA) is 106 Å². The average molecular weight is 319 g/mol. The average Bonchev–Trinajstić information content (AvgIpc) is 3.25. The summed E-state index contributed by atoms with van der Waals surface area (Å²) >= 11 is 1.37. The predicted octanol–water partition coefficient (Wildman–Crippen LogP) is 1.52. The molecule has 0 saturated heterocycles. The van der Waals surface area contributed by atoms with E-state index >= 15 is 0 Å². The van der Waals surface area contributed by atoms with Crippen LogP contribution in [0.5, 0.6) is 0 Å². The van der Waals surface area contributed by atoms with Crippen LogP contribution >= 0.6 is 11.3 Å². The van der Waals surface area contributed by atoms with Crippen LogP contribution in [-0.2, 0) is 17.9 Å². The van der Waals surface area contributed by atoms with Gasteiger partial charge in [0.2, 0.25) is 5.91 Å². The highest BCUT2D eigenvalue weighted by atomic mass is 32.1. The first-order valence-corrected chi connectivity index (χ1v) is 7.42. The van der Waals surface area contributed by atoms with Crippen molar-refractivity contribution >= 4 is 22.4 Å². The van der Waals surface area contributed by atoms with Crippen LogP contribution < -0.4 is 5.32 Å². The summed E-state index contributed by atoms with van der Waals surface area (Å²) in [5, 5.41) is 22.0. The van der Waals surface area contributed by atoms with E-state index < -0.39 is 0 Å². The zero-order valence-electron chi connectivity index (χ0n) is 11.5. The number of carbonyl (C=O) groups excluding carboxylic acids is 1. The van der Waals surface area contributed by atoms with Crippen LogP contribution in [0.3, 0.4) is 0 Å². The quantitative estimate of drug-likeness (QED) is 0.713. The monoisotopic (exact) mass is 319 g/mol. The van der Waals surface area contributed by atoms with Gasteiger partial charge in [-0.05, 0) is 12.1 Å². The molecule has 0 aliphatic carbocycles. The number of rotatable bonds is 6. The lowest BCUT2D eigenvalue weighted by atomic mass is 10.3. The maximum absolute atomic E-state index is 11.8. The van der Waals surface area contributed by atoms with E-state index in [4.69, 9.17) is 9.52 Å². The molecule has 114 valence electrons. The first kappa shape index (κ1) is 14.4. The Labute approximate surface area is 129 Å². The maximum atomic E-state index is 11.8. The minimum absolute atomic E-state index is 0.132. The number of anilines is 1. The van der Waals surface area contributed by atoms with Gasteiger partial charge in [0.25, 0.3) is 0 Å². The number of amides is 1. The van der Waals surface area contributed by atoms with E-state index in [9.17, 15) is 4.79 Å². The van der Waals surface area contributed by atoms with Gasteiger partial charge in [-0.2, -0.15) is 0 Å². The van der Waals surface area contributed by atoms with Crippen molar-refractivity contribution < 1.29 is 14.3 Å². The van der Waals surface area contributed by atoms with E-state index in [2.05, 4.69) is 20.6 Å². The normalized spacial score (nSPS) is 10.8. The van der Waals surface area contributed by atoms with Crippen molar-refractivity contribution in [2.75, 3.05) is 5.32 Å². The van der Waals surface area contributed by atoms with Crippen LogP contribution in [0.25, 0.3) is 11.5 Å². The summed E-state index contributed by atoms with van der Waals surface area (Å²) in [5.74, 6) is 0.863. The van der Waals surface area contributed by atoms with E-state index in [1.807, 2.05) is 0 Å². The highest BCUT2D eigenvalue weighted by Crippen LogP contribution is 2.19. The van der Waals surface area contributed by atoms with Crippen LogP contribution in [0.4, 0.5) is 5.13 Å². The molecular formula is C13H13N5O3S. The summed E-state index contributed by atoms with van der Waals surface area (Å²) in [6, 6.07) is 3.39. The molecule has 0 fully saturated rings. The van der Waals surface area contributed by atoms with Gasteiger partial charge in [0, 0.05) is 18.0 Å². The number of furan rings is 1. The molecule has 3 rings (SSSR count). The van der Waals surface area contributed by atoms with Crippen LogP contribution in [0.1, 0.15) is 12.2 Å². The van der Waals surface area contributed by atoms with Crippen molar-refractivity contribution in [3.8, 4) is 11.5 Å². The van der Waals surface area contributed by atoms with Crippen molar-refractivity contribution in [1.82, 2.24) is 20.0 Å². The molecule has 0 aliphatic heterocycles. The molecular weight excluding hydrogens is 306 g/mol. The Morgan fingerprint density at radius 1 is 1.45 bits per heavy atom. The van der Waals surface area contributed by atoms with Gasteiger partial charge in [0.05, 0.1) is 12.7 Å². The van der Waals surface area contributed by atoms with Crippen LogP contribution in [0, 0.1) is 0 Å². The molecule has 3 aromatic rings. The Kier molecular flexibility index (Phi) is 4.26. The van der Waals surface area contributed by atoms with Gasteiger partial charge < -0.3 is 14.8 Å². The third-order valence-electron chi connectivity index (χ3n) is 2.86. The van der Waals surface area contributed by atoms with Crippen LogP contribution in [0.15, 0.2) is 34.3 Å². The summed E-state index contributed by atoms with van der Waals surface area (Å²) < 4.78 is 6.94. The SMILES string of the molecule is O=C(CCn1cc(-c2ccc(CO)o2)nn1)Nc1nccs1. The van der Waals surface area contributed by atoms with Crippen molar-refractivity contribution in [2.24, 2.45) is 0 Å². The van der Waals surface area contributed by atoms with Crippen molar-refractivity contribution in [3.63, 3.8) is 0 Å². The highest BCUT2D eigenvalue weighted by molar-refractivity contribution is 7.13. The van der Waals surface area contributed by atoms with Gasteiger partial charge in [-0.3, -0.25) is 9.48 Å². The predicted molar refractivity (Wildman–Crippen MR) is 79.0 cm³/mol. The Morgan fingerprint density at radius 2 is 2.36 bits per heavy atom. The molecule has 22 heavy (non-hydrogen) atoms. The fourth-order valence-corrected chi connectivity index (χ4v) is 2.35. The smallest absolute Gasteiger partial charge is 0.228 e. The van der Waals surface area contributed by atoms with Gasteiger partial charge in [-0.25, -0.2) is 4.98 Å². The number of aliphatic hydroxyl groups excluding tert-OH is 1. The number of aryl methyl sites for hydroxylation is 1. The number of carbonyl (C=O) groups is 1. The van der Waals surface area contributed by atoms with Gasteiger partial charge >= 0.3 is 0 Å². The molecule has 0 atom stereocenters. The third kappa shape index (κ3) is 3.38. The molecule has 0 unspecified atom stereocenters. The molecule has 0 spiro atoms. The molecule has 0 bridgehead atoms. The number of thiazole rings is 1. The highest BCUT2D eigenvalue weighted by Gasteiger charge is 2.10. The van der Waals surface area contributed by atoms with Crippen LogP contribution in [0.2, 0.25) is 0 Å². The maximum Gasteiger partial charge on any atom is 0.228 e. The Morgan fingerprint density at radius 3 is 3.09 bits per heavy atom. The summed E-state index contributed by atoms with van der Waals surface area (Å²) in [6.45, 7) is 0.239. The largest absolute Gasteiger partial charge is 0.457 e. The van der Waals surface area contributed by atoms with Gasteiger partial charge in [0.15, 0.2) is 10.9 Å². The van der Waals surface area contributed by atoms with Crippen molar-refractivity contribution in [1.29, 1.82) is 0 Å². The number of hydrogen-bond donors (Lipinski definition) is 2. The first-order valence-electron chi connectivity index (χ1n) is 6.54. The molecule has 0 aliphatic rings. The van der Waals surface area contributed by atoms with E-state index in [1.165, 1.54) is 11.3 Å². The Balaban J connectivity index is 1.56. The van der Waals surface area contributed by atoms with Gasteiger partial charge in [0.1, 0.15) is 18.1 Å². The van der Waals surface area contributed by atoms with E-state index in [0.717, 1.165) is 0 Å². The second kappa shape index (κ2) is 6.50. The van der Waals surface area contributed by atoms with E-state index in [-0.39, 0.29) is 18.9 Å². The molecule has 0 aromatic carbocycles. The fraction of sp³-hybridized carbons (Fsp3) is 0.231. The van der Waals surface area contributed by atoms with Crippen LogP contribution in [-0.4, -0.2) is 31.0 Å². The van der Waals surface area contributed by atoms with Crippen molar-refractivity contribution in [3.05, 3.63) is 35.7 Å². The summed E-state index contributed by atoms with van der Waals surface area (Å²) in [6.07, 6.45) is 3.59. The molecule has 3 heterocycles. The zero-order valence-corrected chi connectivity index (χ0v) is 12.3. The number of aromatic nitrogens is 4. The molecule has 3 aromatic heterocycles. The zero-order chi connectivity index (χ0) is 15.4. The minimum Gasteiger partial charge on any atom is -0.457 e. The molecule has 9 heteroatoms. The third-order valence-corrected chi connectivity index (χ3v) is 3.54. The Hall–Kier alpha value is -2.52. The first-order chi connectivity index (χ1) is 10.7. The summed E-state index contributed by atoms with van der Waals surface area (Å²) in [7, 11) is 0. The number of hydrogen-bond acceptors (Lipinski definition) is 7. The number of nitrogens with one attached hydrogen (secondary N) is 1. The standard InChI is InChI=1S/C13H13N5O3S/c19-8-9-1-2-11(21-9)10-7-18(17-16-10)5-3-12(20)15-13-14-4-6-22-13/h1-2,4,6-7,19H,3,5,8H2,(H,14,15,20). The molecule has 1 amide bonds. The van der Waals surface area contributed by atoms with Gasteiger partial charge in [-0.1, -0.05) is 5.21 Å². The van der Waals surface area contributed by atoms with E-state index in [1.54, 1.807) is 34.6 Å². The fourth-order valence-electron chi connectivity index (χ4n) is 1.80. The molecule has 0 saturated carbocycles.